The molecule has 1 amide bonds. The maximum Gasteiger partial charge on any atom is 0.220 e. The molecule has 24 heavy (non-hydrogen) atoms. The van der Waals surface area contributed by atoms with E-state index in [1.165, 1.54) is 44.3 Å². The summed E-state index contributed by atoms with van der Waals surface area (Å²) in [5.41, 5.74) is 0. The van der Waals surface area contributed by atoms with Gasteiger partial charge in [-0.3, -0.25) is 4.79 Å². The number of fused-ring (bicyclic) bond motifs is 1. The lowest BCUT2D eigenvalue weighted by Gasteiger charge is -2.09. The predicted molar refractivity (Wildman–Crippen MR) is 101 cm³/mol. The molecule has 2 aliphatic rings. The van der Waals surface area contributed by atoms with Gasteiger partial charge in [0, 0.05) is 43.4 Å². The Kier molecular flexibility index (Phi) is 7.32. The van der Waals surface area contributed by atoms with E-state index in [0.717, 1.165) is 42.7 Å². The highest BCUT2D eigenvalue weighted by molar-refractivity contribution is 8.77. The van der Waals surface area contributed by atoms with E-state index < -0.39 is 0 Å². The summed E-state index contributed by atoms with van der Waals surface area (Å²) >= 11 is 0. The fraction of sp³-hybridized carbons (Fsp3) is 0.824. The summed E-state index contributed by atoms with van der Waals surface area (Å²) in [5, 5.41) is 12.5. The number of hydrogen-bond acceptors (Lipinski definition) is 5. The molecule has 0 saturated carbocycles. The first kappa shape index (κ1) is 18.1. The van der Waals surface area contributed by atoms with Crippen molar-refractivity contribution in [1.29, 1.82) is 0 Å². The van der Waals surface area contributed by atoms with Gasteiger partial charge in [0.1, 0.15) is 11.6 Å². The average Bonchev–Trinajstić information content (AvgIpc) is 3.17. The number of hydrogen-bond donors (Lipinski definition) is 1. The lowest BCUT2D eigenvalue weighted by Crippen LogP contribution is -2.26. The molecule has 1 unspecified atom stereocenters. The van der Waals surface area contributed by atoms with Crippen molar-refractivity contribution in [2.24, 2.45) is 0 Å². The molecule has 0 aliphatic carbocycles. The third kappa shape index (κ3) is 5.41. The van der Waals surface area contributed by atoms with E-state index in [9.17, 15) is 4.79 Å². The molecule has 1 aromatic heterocycles. The van der Waals surface area contributed by atoms with Gasteiger partial charge < -0.3 is 9.88 Å². The van der Waals surface area contributed by atoms with Crippen molar-refractivity contribution in [2.45, 2.75) is 76.0 Å². The minimum Gasteiger partial charge on any atom is -0.356 e. The molecule has 1 aromatic rings. The maximum atomic E-state index is 11.9. The van der Waals surface area contributed by atoms with Crippen LogP contribution in [-0.4, -0.2) is 38.2 Å². The van der Waals surface area contributed by atoms with Crippen LogP contribution in [0.1, 0.15) is 63.0 Å². The Morgan fingerprint density at radius 2 is 2.21 bits per heavy atom. The number of carbonyl (C=O) groups is 1. The van der Waals surface area contributed by atoms with Gasteiger partial charge in [-0.25, -0.2) is 0 Å². The lowest BCUT2D eigenvalue weighted by molar-refractivity contribution is -0.121. The monoisotopic (exact) mass is 368 g/mol. The Labute approximate surface area is 152 Å². The maximum absolute atomic E-state index is 11.9. The first-order chi connectivity index (χ1) is 11.8. The van der Waals surface area contributed by atoms with Gasteiger partial charge in [-0.1, -0.05) is 34.4 Å². The highest BCUT2D eigenvalue weighted by Crippen LogP contribution is 2.39. The third-order valence-electron chi connectivity index (χ3n) is 4.76. The summed E-state index contributed by atoms with van der Waals surface area (Å²) < 4.78 is 2.26. The van der Waals surface area contributed by atoms with Crippen LogP contribution in [-0.2, 0) is 24.2 Å². The van der Waals surface area contributed by atoms with Crippen LogP contribution in [0.2, 0.25) is 0 Å². The minimum atomic E-state index is 0.180. The minimum absolute atomic E-state index is 0.180. The third-order valence-corrected chi connectivity index (χ3v) is 7.77. The molecule has 1 N–H and O–H groups in total. The van der Waals surface area contributed by atoms with Crippen LogP contribution in [0, 0.1) is 0 Å². The van der Waals surface area contributed by atoms with Crippen LogP contribution in [0.15, 0.2) is 0 Å². The van der Waals surface area contributed by atoms with E-state index >= 15 is 0 Å². The molecule has 0 spiro atoms. The molecule has 0 bridgehead atoms. The van der Waals surface area contributed by atoms with E-state index in [4.69, 9.17) is 0 Å². The summed E-state index contributed by atoms with van der Waals surface area (Å²) in [5.74, 6) is 3.63. The number of rotatable bonds is 8. The lowest BCUT2D eigenvalue weighted by atomic mass is 10.1. The van der Waals surface area contributed by atoms with Crippen LogP contribution in [0.5, 0.6) is 0 Å². The van der Waals surface area contributed by atoms with Gasteiger partial charge in [0.05, 0.1) is 0 Å². The zero-order valence-corrected chi connectivity index (χ0v) is 16.0. The summed E-state index contributed by atoms with van der Waals surface area (Å²) in [6.07, 6.45) is 11.0. The number of carbonyl (C=O) groups excluding carboxylic acids is 1. The van der Waals surface area contributed by atoms with E-state index in [-0.39, 0.29) is 5.91 Å². The Balaban J connectivity index is 1.30. The van der Waals surface area contributed by atoms with Gasteiger partial charge in [0.15, 0.2) is 0 Å². The number of unbranched alkanes of at least 4 members (excludes halogenated alkanes) is 1. The fourth-order valence-corrected chi connectivity index (χ4v) is 6.38. The zero-order valence-electron chi connectivity index (χ0n) is 14.3. The highest BCUT2D eigenvalue weighted by atomic mass is 33.1. The quantitative estimate of drug-likeness (QED) is 0.563. The largest absolute Gasteiger partial charge is 0.356 e. The molecular weight excluding hydrogens is 340 g/mol. The molecule has 5 nitrogen and oxygen atoms in total. The molecule has 3 rings (SSSR count). The van der Waals surface area contributed by atoms with Crippen molar-refractivity contribution in [2.75, 3.05) is 12.3 Å². The van der Waals surface area contributed by atoms with Gasteiger partial charge in [-0.05, 0) is 32.1 Å². The molecule has 2 aliphatic heterocycles. The first-order valence-corrected chi connectivity index (χ1v) is 11.7. The predicted octanol–water partition coefficient (Wildman–Crippen LogP) is 3.38. The van der Waals surface area contributed by atoms with Crippen molar-refractivity contribution in [1.82, 2.24) is 20.1 Å². The van der Waals surface area contributed by atoms with Crippen molar-refractivity contribution < 1.29 is 4.79 Å². The van der Waals surface area contributed by atoms with E-state index in [1.54, 1.807) is 0 Å². The summed E-state index contributed by atoms with van der Waals surface area (Å²) in [4.78, 5) is 11.9. The number of aryl methyl sites for hydroxylation is 1. The standard InChI is InChI=1S/C17H28N4OS2/c22-17(8-4-3-6-14-10-13-23-24-14)18-11-9-16-20-19-15-7-2-1-5-12-21(15)16/h14H,1-13H2,(H,18,22). The van der Waals surface area contributed by atoms with Crippen LogP contribution in [0.3, 0.4) is 0 Å². The van der Waals surface area contributed by atoms with Crippen LogP contribution in [0.25, 0.3) is 0 Å². The summed E-state index contributed by atoms with van der Waals surface area (Å²) in [7, 11) is 4.02. The summed E-state index contributed by atoms with van der Waals surface area (Å²) in [6, 6.07) is 0. The van der Waals surface area contributed by atoms with Crippen LogP contribution in [0.4, 0.5) is 0 Å². The van der Waals surface area contributed by atoms with Crippen molar-refractivity contribution in [3.63, 3.8) is 0 Å². The van der Waals surface area contributed by atoms with Crippen LogP contribution < -0.4 is 5.32 Å². The van der Waals surface area contributed by atoms with Gasteiger partial charge in [-0.2, -0.15) is 0 Å². The summed E-state index contributed by atoms with van der Waals surface area (Å²) in [6.45, 7) is 1.70. The number of nitrogens with zero attached hydrogens (tertiary/aromatic N) is 3. The second-order valence-electron chi connectivity index (χ2n) is 6.67. The zero-order chi connectivity index (χ0) is 16.6. The SMILES string of the molecule is O=C(CCCCC1CCSS1)NCCc1nnc2n1CCCCC2. The van der Waals surface area contributed by atoms with Crippen molar-refractivity contribution >= 4 is 27.5 Å². The number of amides is 1. The van der Waals surface area contributed by atoms with Crippen molar-refractivity contribution in [3.05, 3.63) is 11.6 Å². The average molecular weight is 369 g/mol. The van der Waals surface area contributed by atoms with Gasteiger partial charge in [-0.15, -0.1) is 10.2 Å². The molecule has 1 atom stereocenters. The van der Waals surface area contributed by atoms with Gasteiger partial charge in [0.2, 0.25) is 5.91 Å². The molecule has 1 fully saturated rings. The Hall–Kier alpha value is -0.690. The molecule has 3 heterocycles. The smallest absolute Gasteiger partial charge is 0.220 e. The Bertz CT molecular complexity index is 529. The Morgan fingerprint density at radius 1 is 1.25 bits per heavy atom. The molecule has 0 aromatic carbocycles. The van der Waals surface area contributed by atoms with Gasteiger partial charge in [0.25, 0.3) is 0 Å². The van der Waals surface area contributed by atoms with Crippen LogP contribution >= 0.6 is 21.6 Å². The molecular formula is C17H28N4OS2. The van der Waals surface area contributed by atoms with Gasteiger partial charge >= 0.3 is 0 Å². The highest BCUT2D eigenvalue weighted by Gasteiger charge is 2.16. The number of aromatic nitrogens is 3. The first-order valence-electron chi connectivity index (χ1n) is 9.29. The molecule has 134 valence electrons. The fourth-order valence-electron chi connectivity index (χ4n) is 3.35. The normalized spacial score (nSPS) is 20.6. The molecule has 0 radical (unpaired) electrons. The molecule has 1 saturated heterocycles. The number of nitrogens with one attached hydrogen (secondary N) is 1. The topological polar surface area (TPSA) is 59.8 Å². The van der Waals surface area contributed by atoms with Crippen molar-refractivity contribution in [3.8, 4) is 0 Å². The second kappa shape index (κ2) is 9.70. The van der Waals surface area contributed by atoms with E-state index in [1.807, 2.05) is 21.6 Å². The van der Waals surface area contributed by atoms with E-state index in [2.05, 4.69) is 20.1 Å². The molecule has 7 heteroatoms. The Morgan fingerprint density at radius 3 is 3.08 bits per heavy atom. The van der Waals surface area contributed by atoms with E-state index in [0.29, 0.717) is 13.0 Å². The second-order valence-corrected chi connectivity index (χ2v) is 9.46.